The number of fused-ring (bicyclic) bond motifs is 2. The fraction of sp³-hybridized carbons (Fsp3) is 0.480. The summed E-state index contributed by atoms with van der Waals surface area (Å²) in [6.45, 7) is 2.92. The molecule has 35 heavy (non-hydrogen) atoms. The van der Waals surface area contributed by atoms with Crippen LogP contribution in [0.25, 0.3) is 0 Å². The van der Waals surface area contributed by atoms with Gasteiger partial charge in [-0.15, -0.1) is 0 Å². The van der Waals surface area contributed by atoms with Gasteiger partial charge in [0.15, 0.2) is 15.4 Å². The zero-order chi connectivity index (χ0) is 25.6. The molecule has 2 aromatic rings. The van der Waals surface area contributed by atoms with Gasteiger partial charge in [0.2, 0.25) is 0 Å². The molecule has 190 valence electrons. The molecule has 0 spiro atoms. The molecule has 0 radical (unpaired) electrons. The lowest BCUT2D eigenvalue weighted by Gasteiger charge is -2.41. The number of alkyl halides is 3. The number of carbonyl (C=O) groups is 1. The first-order valence-corrected chi connectivity index (χ1v) is 13.4. The lowest BCUT2D eigenvalue weighted by atomic mass is 9.95. The van der Waals surface area contributed by atoms with Crippen LogP contribution in [-0.2, 0) is 20.8 Å². The van der Waals surface area contributed by atoms with Crippen LogP contribution in [-0.4, -0.2) is 44.3 Å². The Morgan fingerprint density at radius 2 is 1.57 bits per heavy atom. The Morgan fingerprint density at radius 1 is 1.00 bits per heavy atom. The summed E-state index contributed by atoms with van der Waals surface area (Å²) in [4.78, 5) is 15.6. The summed E-state index contributed by atoms with van der Waals surface area (Å²) in [7, 11) is -3.27. The summed E-state index contributed by atoms with van der Waals surface area (Å²) in [5.41, 5.74) is -1.48. The molecule has 0 saturated carbocycles. The maximum absolute atomic E-state index is 13.3. The molecule has 2 bridgehead atoms. The molecule has 2 atom stereocenters. The van der Waals surface area contributed by atoms with Gasteiger partial charge >= 0.3 is 6.18 Å². The summed E-state index contributed by atoms with van der Waals surface area (Å²) < 4.78 is 69.1. The van der Waals surface area contributed by atoms with E-state index in [0.717, 1.165) is 24.6 Å². The summed E-state index contributed by atoms with van der Waals surface area (Å²) in [6.07, 6.45) is -0.147. The van der Waals surface area contributed by atoms with Crippen LogP contribution in [0.15, 0.2) is 53.4 Å². The van der Waals surface area contributed by atoms with Crippen molar-refractivity contribution in [3.05, 3.63) is 54.1 Å². The van der Waals surface area contributed by atoms with E-state index in [1.807, 2.05) is 12.1 Å². The fourth-order valence-electron chi connectivity index (χ4n) is 5.05. The van der Waals surface area contributed by atoms with Gasteiger partial charge < -0.3 is 15.0 Å². The maximum Gasteiger partial charge on any atom is 0.419 e. The monoisotopic (exact) mass is 510 g/mol. The molecule has 1 N–H and O–H groups in total. The maximum atomic E-state index is 13.3. The number of hydrogen-bond acceptors (Lipinski definition) is 5. The van der Waals surface area contributed by atoms with E-state index in [9.17, 15) is 26.4 Å². The first-order chi connectivity index (χ1) is 16.3. The smallest absolute Gasteiger partial charge is 0.419 e. The predicted octanol–water partition coefficient (Wildman–Crippen LogP) is 4.58. The van der Waals surface area contributed by atoms with Gasteiger partial charge in [-0.05, 0) is 75.9 Å². The molecule has 6 nitrogen and oxygen atoms in total. The van der Waals surface area contributed by atoms with Gasteiger partial charge in [0, 0.05) is 30.1 Å². The normalized spacial score (nSPS) is 22.7. The number of anilines is 1. The van der Waals surface area contributed by atoms with Crippen molar-refractivity contribution in [2.75, 3.05) is 11.2 Å². The Bertz CT molecular complexity index is 1180. The molecule has 0 aromatic heterocycles. The first kappa shape index (κ1) is 25.3. The van der Waals surface area contributed by atoms with Crippen molar-refractivity contribution in [1.29, 1.82) is 0 Å². The van der Waals surface area contributed by atoms with Crippen molar-refractivity contribution in [2.45, 2.75) is 74.3 Å². The number of nitrogens with zero attached hydrogens (tertiary/aromatic N) is 1. The molecular formula is C25H29F3N2O4S. The summed E-state index contributed by atoms with van der Waals surface area (Å²) in [6, 6.07) is 11.9. The number of ether oxygens (including phenoxy) is 1. The van der Waals surface area contributed by atoms with Crippen molar-refractivity contribution in [1.82, 2.24) is 5.32 Å². The number of sulfone groups is 1. The zero-order valence-electron chi connectivity index (χ0n) is 19.8. The highest BCUT2D eigenvalue weighted by molar-refractivity contribution is 7.90. The standard InChI is InChI=1S/C25H29F3N2O4S/c1-24(2,34-22-7-5-4-6-21(22)25(26,27)28)23(31)29-16-14-18-8-9-19(15-16)30(18)17-10-12-20(13-11-17)35(3,32)33/h4-7,10-13,16,18-19H,8-9,14-15H2,1-3H3,(H,29,31). The highest BCUT2D eigenvalue weighted by Gasteiger charge is 2.43. The van der Waals surface area contributed by atoms with E-state index in [1.165, 1.54) is 38.3 Å². The number of benzene rings is 2. The van der Waals surface area contributed by atoms with Crippen LogP contribution in [0.5, 0.6) is 5.75 Å². The molecule has 0 aliphatic carbocycles. The van der Waals surface area contributed by atoms with Gasteiger partial charge in [-0.3, -0.25) is 4.79 Å². The highest BCUT2D eigenvalue weighted by atomic mass is 32.2. The van der Waals surface area contributed by atoms with Crippen LogP contribution >= 0.6 is 0 Å². The molecular weight excluding hydrogens is 481 g/mol. The number of hydrogen-bond donors (Lipinski definition) is 1. The summed E-state index contributed by atoms with van der Waals surface area (Å²) >= 11 is 0. The van der Waals surface area contributed by atoms with E-state index in [-0.39, 0.29) is 28.8 Å². The average molecular weight is 511 g/mol. The first-order valence-electron chi connectivity index (χ1n) is 11.5. The van der Waals surface area contributed by atoms with Crippen molar-refractivity contribution >= 4 is 21.4 Å². The molecule has 10 heteroatoms. The van der Waals surface area contributed by atoms with Crippen LogP contribution in [0.2, 0.25) is 0 Å². The third-order valence-corrected chi connectivity index (χ3v) is 7.86. The minimum atomic E-state index is -4.59. The van der Waals surface area contributed by atoms with E-state index in [1.54, 1.807) is 12.1 Å². The minimum absolute atomic E-state index is 0.132. The van der Waals surface area contributed by atoms with Crippen LogP contribution in [0.3, 0.4) is 0 Å². The lowest BCUT2D eigenvalue weighted by molar-refractivity contribution is -0.143. The predicted molar refractivity (Wildman–Crippen MR) is 126 cm³/mol. The van der Waals surface area contributed by atoms with Gasteiger partial charge in [0.25, 0.3) is 5.91 Å². The molecule has 2 aliphatic rings. The van der Waals surface area contributed by atoms with Crippen molar-refractivity contribution < 1.29 is 31.1 Å². The fourth-order valence-corrected chi connectivity index (χ4v) is 5.68. The lowest BCUT2D eigenvalue weighted by Crippen LogP contribution is -2.55. The second kappa shape index (κ2) is 9.04. The Labute approximate surface area is 203 Å². The molecule has 1 amide bonds. The number of para-hydroxylation sites is 1. The van der Waals surface area contributed by atoms with Crippen molar-refractivity contribution in [3.8, 4) is 5.75 Å². The quantitative estimate of drug-likeness (QED) is 0.616. The number of halogens is 3. The van der Waals surface area contributed by atoms with E-state index >= 15 is 0 Å². The number of rotatable bonds is 6. The van der Waals surface area contributed by atoms with E-state index in [0.29, 0.717) is 12.8 Å². The average Bonchev–Trinajstić information content (AvgIpc) is 3.03. The SMILES string of the molecule is CC(C)(Oc1ccccc1C(F)(F)F)C(=O)NC1CC2CCC(C1)N2c1ccc(S(C)(=O)=O)cc1. The molecule has 2 saturated heterocycles. The largest absolute Gasteiger partial charge is 0.477 e. The van der Waals surface area contributed by atoms with Crippen LogP contribution in [0, 0.1) is 0 Å². The van der Waals surface area contributed by atoms with Crippen LogP contribution in [0.1, 0.15) is 45.1 Å². The van der Waals surface area contributed by atoms with E-state index in [4.69, 9.17) is 4.74 Å². The number of amides is 1. The molecule has 2 aromatic carbocycles. The Morgan fingerprint density at radius 3 is 2.11 bits per heavy atom. The summed E-state index contributed by atoms with van der Waals surface area (Å²) in [5.74, 6) is -0.850. The molecule has 2 aliphatic heterocycles. The number of carbonyl (C=O) groups excluding carboxylic acids is 1. The van der Waals surface area contributed by atoms with Gasteiger partial charge in [-0.25, -0.2) is 8.42 Å². The minimum Gasteiger partial charge on any atom is -0.477 e. The number of piperidine rings is 1. The van der Waals surface area contributed by atoms with E-state index in [2.05, 4.69) is 10.2 Å². The molecule has 4 rings (SSSR count). The third-order valence-electron chi connectivity index (χ3n) is 6.74. The Hall–Kier alpha value is -2.75. The van der Waals surface area contributed by atoms with Gasteiger partial charge in [0.1, 0.15) is 5.75 Å². The van der Waals surface area contributed by atoms with Crippen molar-refractivity contribution in [3.63, 3.8) is 0 Å². The van der Waals surface area contributed by atoms with Crippen LogP contribution < -0.4 is 15.0 Å². The summed E-state index contributed by atoms with van der Waals surface area (Å²) in [5, 5.41) is 2.99. The van der Waals surface area contributed by atoms with E-state index < -0.39 is 33.1 Å². The molecule has 2 heterocycles. The second-order valence-corrected chi connectivity index (χ2v) is 11.8. The van der Waals surface area contributed by atoms with Gasteiger partial charge in [-0.2, -0.15) is 13.2 Å². The molecule has 2 fully saturated rings. The second-order valence-electron chi connectivity index (χ2n) is 9.81. The zero-order valence-corrected chi connectivity index (χ0v) is 20.6. The third kappa shape index (κ3) is 5.42. The Balaban J connectivity index is 1.42. The van der Waals surface area contributed by atoms with Crippen LogP contribution in [0.4, 0.5) is 18.9 Å². The topological polar surface area (TPSA) is 75.7 Å². The number of nitrogens with one attached hydrogen (secondary N) is 1. The van der Waals surface area contributed by atoms with Gasteiger partial charge in [-0.1, -0.05) is 12.1 Å². The molecule has 2 unspecified atom stereocenters. The Kier molecular flexibility index (Phi) is 6.54. The highest BCUT2D eigenvalue weighted by Crippen LogP contribution is 2.40. The van der Waals surface area contributed by atoms with Crippen molar-refractivity contribution in [2.24, 2.45) is 0 Å². The van der Waals surface area contributed by atoms with Gasteiger partial charge in [0.05, 0.1) is 10.5 Å².